The molecule has 0 radical (unpaired) electrons. The van der Waals surface area contributed by atoms with E-state index in [0.29, 0.717) is 6.54 Å². The number of aliphatic carboxylic acids is 1. The van der Waals surface area contributed by atoms with Gasteiger partial charge in [0.1, 0.15) is 6.04 Å². The van der Waals surface area contributed by atoms with E-state index in [9.17, 15) is 14.7 Å². The summed E-state index contributed by atoms with van der Waals surface area (Å²) < 4.78 is 0. The topological polar surface area (TPSA) is 85.8 Å². The Morgan fingerprint density at radius 3 is 2.59 bits per heavy atom. The molecule has 0 aliphatic heterocycles. The highest BCUT2D eigenvalue weighted by Gasteiger charge is 2.18. The van der Waals surface area contributed by atoms with Gasteiger partial charge in [-0.25, -0.2) is 0 Å². The third-order valence-corrected chi connectivity index (χ3v) is 3.62. The minimum Gasteiger partial charge on any atom is -0.544 e. The van der Waals surface area contributed by atoms with E-state index in [0.717, 1.165) is 36.1 Å². The summed E-state index contributed by atoms with van der Waals surface area (Å²) in [6, 6.07) is 4.89. The van der Waals surface area contributed by atoms with E-state index in [2.05, 4.69) is 12.2 Å². The van der Waals surface area contributed by atoms with Crippen molar-refractivity contribution in [1.29, 1.82) is 0 Å². The molecular weight excluding hydrogens is 280 g/mol. The molecule has 1 aromatic carbocycles. The molecular formula is C17H26N2O3. The Hall–Kier alpha value is -1.88. The van der Waals surface area contributed by atoms with Crippen molar-refractivity contribution in [2.24, 2.45) is 0 Å². The molecule has 0 aliphatic carbocycles. The Labute approximate surface area is 132 Å². The maximum absolute atomic E-state index is 12.0. The van der Waals surface area contributed by atoms with Crippen molar-refractivity contribution in [2.45, 2.75) is 52.5 Å². The molecule has 0 spiro atoms. The highest BCUT2D eigenvalue weighted by Crippen LogP contribution is 2.16. The maximum atomic E-state index is 12.0. The number of aryl methyl sites for hydroxylation is 2. The molecule has 0 bridgehead atoms. The first kappa shape index (κ1) is 18.2. The Kier molecular flexibility index (Phi) is 7.60. The molecule has 3 N–H and O–H groups in total. The molecule has 5 nitrogen and oxygen atoms in total. The standard InChI is InChI=1S/C17H26N2O3/c1-4-5-6-9-18-15(17(21)22)11-16(20)19-14-8-7-12(2)10-13(14)3/h7-8,10,15,18H,4-6,9,11H2,1-3H3,(H,19,20)(H,21,22)/t15-/m1/s1. The fourth-order valence-electron chi connectivity index (χ4n) is 2.33. The van der Waals surface area contributed by atoms with E-state index in [1.807, 2.05) is 32.0 Å². The number of hydrogen-bond donors (Lipinski definition) is 2. The Bertz CT molecular complexity index is 515. The first-order chi connectivity index (χ1) is 10.4. The van der Waals surface area contributed by atoms with Gasteiger partial charge in [0.15, 0.2) is 0 Å². The number of nitrogens with two attached hydrogens (primary N) is 1. The van der Waals surface area contributed by atoms with Crippen molar-refractivity contribution in [3.05, 3.63) is 29.3 Å². The molecule has 0 heterocycles. The van der Waals surface area contributed by atoms with Crippen molar-refractivity contribution in [1.82, 2.24) is 0 Å². The van der Waals surface area contributed by atoms with E-state index in [1.165, 1.54) is 0 Å². The van der Waals surface area contributed by atoms with E-state index in [-0.39, 0.29) is 12.3 Å². The number of hydrogen-bond acceptors (Lipinski definition) is 3. The zero-order chi connectivity index (χ0) is 16.5. The number of benzene rings is 1. The molecule has 122 valence electrons. The second-order valence-corrected chi connectivity index (χ2v) is 5.73. The molecule has 0 saturated heterocycles. The molecule has 5 heteroatoms. The zero-order valence-corrected chi connectivity index (χ0v) is 13.6. The second-order valence-electron chi connectivity index (χ2n) is 5.73. The molecule has 22 heavy (non-hydrogen) atoms. The summed E-state index contributed by atoms with van der Waals surface area (Å²) in [4.78, 5) is 23.2. The van der Waals surface area contributed by atoms with Gasteiger partial charge in [-0.15, -0.1) is 0 Å². The largest absolute Gasteiger partial charge is 0.544 e. The maximum Gasteiger partial charge on any atom is 0.230 e. The number of amides is 1. The number of unbranched alkanes of at least 4 members (excludes halogenated alkanes) is 2. The summed E-state index contributed by atoms with van der Waals surface area (Å²) in [5.74, 6) is -1.49. The summed E-state index contributed by atoms with van der Waals surface area (Å²) in [7, 11) is 0. The van der Waals surface area contributed by atoms with Gasteiger partial charge in [-0.3, -0.25) is 4.79 Å². The van der Waals surface area contributed by atoms with Crippen LogP contribution in [0.4, 0.5) is 5.69 Å². The van der Waals surface area contributed by atoms with Gasteiger partial charge in [0.2, 0.25) is 5.91 Å². The highest BCUT2D eigenvalue weighted by molar-refractivity contribution is 5.94. The molecule has 1 aromatic rings. The molecule has 0 aliphatic rings. The van der Waals surface area contributed by atoms with Crippen LogP contribution in [-0.4, -0.2) is 24.5 Å². The van der Waals surface area contributed by atoms with Crippen molar-refractivity contribution >= 4 is 17.6 Å². The van der Waals surface area contributed by atoms with Crippen molar-refractivity contribution in [2.75, 3.05) is 11.9 Å². The van der Waals surface area contributed by atoms with Crippen LogP contribution in [0.1, 0.15) is 43.7 Å². The van der Waals surface area contributed by atoms with E-state index >= 15 is 0 Å². The van der Waals surface area contributed by atoms with Gasteiger partial charge in [0.25, 0.3) is 0 Å². The number of carbonyl (C=O) groups is 2. The molecule has 0 saturated carbocycles. The summed E-state index contributed by atoms with van der Waals surface area (Å²) in [5, 5.41) is 15.6. The molecule has 1 atom stereocenters. The average molecular weight is 306 g/mol. The SMILES string of the molecule is CCCCC[NH2+][C@H](CC(=O)Nc1ccc(C)cc1C)C(=O)[O-]. The fraction of sp³-hybridized carbons (Fsp3) is 0.529. The quantitative estimate of drug-likeness (QED) is 0.652. The summed E-state index contributed by atoms with van der Waals surface area (Å²) in [5.41, 5.74) is 2.80. The van der Waals surface area contributed by atoms with Gasteiger partial charge in [-0.2, -0.15) is 0 Å². The normalized spacial score (nSPS) is 12.0. The predicted octanol–water partition coefficient (Wildman–Crippen LogP) is 0.504. The van der Waals surface area contributed by atoms with Crippen LogP contribution in [0.3, 0.4) is 0 Å². The zero-order valence-electron chi connectivity index (χ0n) is 13.6. The summed E-state index contributed by atoms with van der Waals surface area (Å²) in [6.07, 6.45) is 3.00. The van der Waals surface area contributed by atoms with Gasteiger partial charge >= 0.3 is 0 Å². The van der Waals surface area contributed by atoms with Crippen LogP contribution in [0.15, 0.2) is 18.2 Å². The van der Waals surface area contributed by atoms with Gasteiger partial charge in [-0.05, 0) is 38.3 Å². The first-order valence-electron chi connectivity index (χ1n) is 7.85. The van der Waals surface area contributed by atoms with Crippen LogP contribution in [0.25, 0.3) is 0 Å². The average Bonchev–Trinajstić information content (AvgIpc) is 2.45. The van der Waals surface area contributed by atoms with Crippen molar-refractivity contribution in [3.8, 4) is 0 Å². The van der Waals surface area contributed by atoms with Gasteiger partial charge in [0.05, 0.1) is 18.9 Å². The van der Waals surface area contributed by atoms with Crippen LogP contribution in [0.2, 0.25) is 0 Å². The Balaban J connectivity index is 2.54. The van der Waals surface area contributed by atoms with E-state index in [1.54, 1.807) is 5.32 Å². The van der Waals surface area contributed by atoms with Crippen LogP contribution in [0, 0.1) is 13.8 Å². The molecule has 1 rings (SSSR count). The van der Waals surface area contributed by atoms with Crippen molar-refractivity contribution in [3.63, 3.8) is 0 Å². The van der Waals surface area contributed by atoms with E-state index < -0.39 is 12.0 Å². The third kappa shape index (κ3) is 6.26. The minimum atomic E-state index is -1.19. The van der Waals surface area contributed by atoms with Crippen molar-refractivity contribution < 1.29 is 20.0 Å². The van der Waals surface area contributed by atoms with Gasteiger partial charge in [-0.1, -0.05) is 31.0 Å². The number of rotatable bonds is 9. The number of nitrogens with one attached hydrogen (secondary N) is 1. The number of carboxylic acids is 1. The molecule has 0 aromatic heterocycles. The lowest BCUT2D eigenvalue weighted by atomic mass is 10.1. The van der Waals surface area contributed by atoms with Gasteiger partial charge in [0, 0.05) is 5.69 Å². The first-order valence-corrected chi connectivity index (χ1v) is 7.85. The van der Waals surface area contributed by atoms with E-state index in [4.69, 9.17) is 0 Å². The summed E-state index contributed by atoms with van der Waals surface area (Å²) >= 11 is 0. The summed E-state index contributed by atoms with van der Waals surface area (Å²) in [6.45, 7) is 6.68. The lowest BCUT2D eigenvalue weighted by Crippen LogP contribution is -2.93. The number of carboxylic acid groups (broad SMARTS) is 1. The Morgan fingerprint density at radius 2 is 2.00 bits per heavy atom. The number of quaternary nitrogens is 1. The lowest BCUT2D eigenvalue weighted by molar-refractivity contribution is -0.682. The fourth-order valence-corrected chi connectivity index (χ4v) is 2.33. The number of anilines is 1. The van der Waals surface area contributed by atoms with Crippen LogP contribution >= 0.6 is 0 Å². The predicted molar refractivity (Wildman–Crippen MR) is 84.3 cm³/mol. The molecule has 0 unspecified atom stereocenters. The highest BCUT2D eigenvalue weighted by atomic mass is 16.4. The monoisotopic (exact) mass is 306 g/mol. The van der Waals surface area contributed by atoms with Crippen LogP contribution < -0.4 is 15.7 Å². The second kappa shape index (κ2) is 9.20. The number of carbonyl (C=O) groups excluding carboxylic acids is 2. The molecule has 0 fully saturated rings. The lowest BCUT2D eigenvalue weighted by Gasteiger charge is -2.17. The smallest absolute Gasteiger partial charge is 0.230 e. The van der Waals surface area contributed by atoms with Gasteiger partial charge < -0.3 is 20.5 Å². The Morgan fingerprint density at radius 1 is 1.27 bits per heavy atom. The van der Waals surface area contributed by atoms with Crippen LogP contribution in [-0.2, 0) is 9.59 Å². The van der Waals surface area contributed by atoms with Crippen LogP contribution in [0.5, 0.6) is 0 Å². The minimum absolute atomic E-state index is 0.0816. The third-order valence-electron chi connectivity index (χ3n) is 3.62. The molecule has 1 amide bonds.